The first-order valence-electron chi connectivity index (χ1n) is 9.60. The standard InChI is InChI=1S/C22H24N4/c1-2-6-17(7-3-1)13-25-14-18-10-11-19(25)16-26(15-18)22-12-23-20-8-4-5-9-21(20)24-22/h1-9,12,18-19H,10-11,13-16H2/t18-,19-/m1/s1. The van der Waals surface area contributed by atoms with Crippen LogP contribution >= 0.6 is 0 Å². The number of piperidine rings is 1. The summed E-state index contributed by atoms with van der Waals surface area (Å²) >= 11 is 0. The van der Waals surface area contributed by atoms with E-state index in [-0.39, 0.29) is 0 Å². The Morgan fingerprint density at radius 3 is 2.54 bits per heavy atom. The zero-order valence-electron chi connectivity index (χ0n) is 15.0. The molecule has 4 heteroatoms. The van der Waals surface area contributed by atoms with Crippen LogP contribution < -0.4 is 4.90 Å². The minimum absolute atomic E-state index is 0.599. The topological polar surface area (TPSA) is 32.3 Å². The van der Waals surface area contributed by atoms with Gasteiger partial charge in [-0.2, -0.15) is 0 Å². The van der Waals surface area contributed by atoms with E-state index >= 15 is 0 Å². The molecule has 0 unspecified atom stereocenters. The maximum absolute atomic E-state index is 4.89. The average molecular weight is 344 g/mol. The van der Waals surface area contributed by atoms with Crippen LogP contribution in [0.25, 0.3) is 11.0 Å². The van der Waals surface area contributed by atoms with Gasteiger partial charge in [0.25, 0.3) is 0 Å². The van der Waals surface area contributed by atoms with Crippen LogP contribution in [0.5, 0.6) is 0 Å². The first-order valence-corrected chi connectivity index (χ1v) is 9.60. The highest BCUT2D eigenvalue weighted by Crippen LogP contribution is 2.31. The van der Waals surface area contributed by atoms with E-state index in [1.54, 1.807) is 0 Å². The van der Waals surface area contributed by atoms with Crippen LogP contribution in [0, 0.1) is 5.92 Å². The van der Waals surface area contributed by atoms with E-state index in [2.05, 4.69) is 51.2 Å². The number of hydrogen-bond acceptors (Lipinski definition) is 4. The summed E-state index contributed by atoms with van der Waals surface area (Å²) in [5, 5.41) is 0. The minimum atomic E-state index is 0.599. The Balaban J connectivity index is 1.39. The maximum atomic E-state index is 4.89. The fraction of sp³-hybridized carbons (Fsp3) is 0.364. The molecule has 0 radical (unpaired) electrons. The molecule has 2 bridgehead atoms. The van der Waals surface area contributed by atoms with Gasteiger partial charge in [0, 0.05) is 32.2 Å². The summed E-state index contributed by atoms with van der Waals surface area (Å²) in [6.07, 6.45) is 4.57. The van der Waals surface area contributed by atoms with E-state index in [4.69, 9.17) is 4.98 Å². The van der Waals surface area contributed by atoms with E-state index in [1.807, 2.05) is 24.4 Å². The first-order chi connectivity index (χ1) is 12.8. The van der Waals surface area contributed by atoms with Gasteiger partial charge in [0.2, 0.25) is 0 Å². The Labute approximate surface area is 154 Å². The van der Waals surface area contributed by atoms with Crippen molar-refractivity contribution in [2.24, 2.45) is 5.92 Å². The second kappa shape index (κ2) is 6.69. The smallest absolute Gasteiger partial charge is 0.147 e. The minimum Gasteiger partial charge on any atom is -0.353 e. The molecule has 0 aliphatic carbocycles. The molecular formula is C22H24N4. The van der Waals surface area contributed by atoms with Gasteiger partial charge in [-0.05, 0) is 36.5 Å². The molecule has 132 valence electrons. The highest BCUT2D eigenvalue weighted by Gasteiger charge is 2.35. The molecule has 2 aromatic carbocycles. The molecule has 1 aromatic heterocycles. The molecule has 3 aromatic rings. The normalized spacial score (nSPS) is 23.3. The average Bonchev–Trinajstić information content (AvgIpc) is 3.00. The molecule has 0 N–H and O–H groups in total. The predicted octanol–water partition coefficient (Wildman–Crippen LogP) is 3.73. The molecule has 0 saturated carbocycles. The summed E-state index contributed by atoms with van der Waals surface area (Å²) in [4.78, 5) is 14.7. The van der Waals surface area contributed by atoms with Gasteiger partial charge in [-0.3, -0.25) is 9.88 Å². The third-order valence-corrected chi connectivity index (χ3v) is 5.82. The lowest BCUT2D eigenvalue weighted by atomic mass is 9.94. The van der Waals surface area contributed by atoms with Crippen molar-refractivity contribution < 1.29 is 0 Å². The molecule has 0 amide bonds. The van der Waals surface area contributed by atoms with Crippen LogP contribution in [0.3, 0.4) is 0 Å². The number of fused-ring (bicyclic) bond motifs is 5. The summed E-state index contributed by atoms with van der Waals surface area (Å²) in [6, 6.07) is 19.6. The predicted molar refractivity (Wildman–Crippen MR) is 105 cm³/mol. The number of para-hydroxylation sites is 2. The van der Waals surface area contributed by atoms with Gasteiger partial charge in [0.1, 0.15) is 5.82 Å². The van der Waals surface area contributed by atoms with Crippen molar-refractivity contribution in [3.8, 4) is 0 Å². The second-order valence-electron chi connectivity index (χ2n) is 7.63. The van der Waals surface area contributed by atoms with Crippen molar-refractivity contribution in [1.29, 1.82) is 0 Å². The maximum Gasteiger partial charge on any atom is 0.147 e. The van der Waals surface area contributed by atoms with Crippen molar-refractivity contribution in [3.05, 3.63) is 66.4 Å². The Morgan fingerprint density at radius 1 is 0.846 bits per heavy atom. The summed E-state index contributed by atoms with van der Waals surface area (Å²) < 4.78 is 0. The highest BCUT2D eigenvalue weighted by atomic mass is 15.3. The Kier molecular flexibility index (Phi) is 4.06. The lowest BCUT2D eigenvalue weighted by molar-refractivity contribution is 0.126. The molecule has 0 spiro atoms. The quantitative estimate of drug-likeness (QED) is 0.725. The van der Waals surface area contributed by atoms with Crippen LogP contribution in [0.1, 0.15) is 18.4 Å². The van der Waals surface area contributed by atoms with Gasteiger partial charge in [-0.25, -0.2) is 4.98 Å². The fourth-order valence-corrected chi connectivity index (χ4v) is 4.48. The molecule has 3 aliphatic rings. The molecule has 26 heavy (non-hydrogen) atoms. The third kappa shape index (κ3) is 3.06. The van der Waals surface area contributed by atoms with Crippen LogP contribution in [0.2, 0.25) is 0 Å². The van der Waals surface area contributed by atoms with Crippen molar-refractivity contribution in [2.75, 3.05) is 24.5 Å². The summed E-state index contributed by atoms with van der Waals surface area (Å²) in [7, 11) is 0. The van der Waals surface area contributed by atoms with Crippen LogP contribution in [-0.2, 0) is 6.54 Å². The number of rotatable bonds is 3. The number of hydrogen-bond donors (Lipinski definition) is 0. The fourth-order valence-electron chi connectivity index (χ4n) is 4.48. The van der Waals surface area contributed by atoms with E-state index in [1.165, 1.54) is 24.9 Å². The van der Waals surface area contributed by atoms with Gasteiger partial charge < -0.3 is 4.90 Å². The zero-order valence-corrected chi connectivity index (χ0v) is 15.0. The molecule has 3 fully saturated rings. The summed E-state index contributed by atoms with van der Waals surface area (Å²) in [6.45, 7) is 4.39. The van der Waals surface area contributed by atoms with Crippen LogP contribution in [0.15, 0.2) is 60.8 Å². The second-order valence-corrected chi connectivity index (χ2v) is 7.63. The Bertz CT molecular complexity index is 895. The van der Waals surface area contributed by atoms with E-state index in [0.717, 1.165) is 36.5 Å². The highest BCUT2D eigenvalue weighted by molar-refractivity contribution is 5.75. The molecule has 3 saturated heterocycles. The summed E-state index contributed by atoms with van der Waals surface area (Å²) in [5.41, 5.74) is 3.37. The van der Waals surface area contributed by atoms with Crippen LogP contribution in [0.4, 0.5) is 5.82 Å². The molecule has 3 aliphatic heterocycles. The van der Waals surface area contributed by atoms with Crippen molar-refractivity contribution in [2.45, 2.75) is 25.4 Å². The van der Waals surface area contributed by atoms with E-state index in [9.17, 15) is 0 Å². The largest absolute Gasteiger partial charge is 0.353 e. The molecule has 6 rings (SSSR count). The Hall–Kier alpha value is -2.46. The number of nitrogens with zero attached hydrogens (tertiary/aromatic N) is 4. The van der Waals surface area contributed by atoms with Gasteiger partial charge in [-0.1, -0.05) is 42.5 Å². The lowest BCUT2D eigenvalue weighted by Crippen LogP contribution is -2.43. The van der Waals surface area contributed by atoms with Crippen molar-refractivity contribution in [3.63, 3.8) is 0 Å². The SMILES string of the molecule is c1ccc(CN2C[C@H]3CC[C@@H]2CN(c2cnc4ccccc4n2)C3)cc1. The van der Waals surface area contributed by atoms with Crippen molar-refractivity contribution in [1.82, 2.24) is 14.9 Å². The molecular weight excluding hydrogens is 320 g/mol. The molecule has 4 nitrogen and oxygen atoms in total. The first kappa shape index (κ1) is 15.8. The van der Waals surface area contributed by atoms with Gasteiger partial charge in [0.05, 0.1) is 17.2 Å². The van der Waals surface area contributed by atoms with E-state index < -0.39 is 0 Å². The monoisotopic (exact) mass is 344 g/mol. The number of aromatic nitrogens is 2. The van der Waals surface area contributed by atoms with Gasteiger partial charge in [-0.15, -0.1) is 0 Å². The van der Waals surface area contributed by atoms with E-state index in [0.29, 0.717) is 12.0 Å². The van der Waals surface area contributed by atoms with Crippen LogP contribution in [-0.4, -0.2) is 40.5 Å². The lowest BCUT2D eigenvalue weighted by Gasteiger charge is -2.36. The molecule has 2 atom stereocenters. The van der Waals surface area contributed by atoms with Crippen molar-refractivity contribution >= 4 is 16.9 Å². The third-order valence-electron chi connectivity index (χ3n) is 5.82. The molecule has 4 heterocycles. The summed E-state index contributed by atoms with van der Waals surface area (Å²) in [5.74, 6) is 1.74. The van der Waals surface area contributed by atoms with Gasteiger partial charge in [0.15, 0.2) is 0 Å². The van der Waals surface area contributed by atoms with Gasteiger partial charge >= 0.3 is 0 Å². The zero-order chi connectivity index (χ0) is 17.3. The number of anilines is 1. The number of benzene rings is 2. The Morgan fingerprint density at radius 2 is 1.65 bits per heavy atom.